The van der Waals surface area contributed by atoms with Crippen molar-refractivity contribution in [2.75, 3.05) is 0 Å². The SMILES string of the molecule is CC(C)c1ccc(CN[C@@H](C)c2cccc3ccccc23)cc1. The van der Waals surface area contributed by atoms with Crippen molar-refractivity contribution in [2.24, 2.45) is 0 Å². The molecule has 0 amide bonds. The molecule has 0 fully saturated rings. The van der Waals surface area contributed by atoms with E-state index in [0.29, 0.717) is 12.0 Å². The summed E-state index contributed by atoms with van der Waals surface area (Å²) in [4.78, 5) is 0. The monoisotopic (exact) mass is 303 g/mol. The van der Waals surface area contributed by atoms with E-state index in [1.165, 1.54) is 27.5 Å². The van der Waals surface area contributed by atoms with Crippen molar-refractivity contribution in [3.63, 3.8) is 0 Å². The van der Waals surface area contributed by atoms with Gasteiger partial charge in [0, 0.05) is 12.6 Å². The molecule has 3 aromatic rings. The van der Waals surface area contributed by atoms with Gasteiger partial charge in [0.1, 0.15) is 0 Å². The highest BCUT2D eigenvalue weighted by atomic mass is 14.9. The fraction of sp³-hybridized carbons (Fsp3) is 0.273. The second kappa shape index (κ2) is 6.97. The molecule has 0 saturated carbocycles. The maximum absolute atomic E-state index is 3.66. The highest BCUT2D eigenvalue weighted by Crippen LogP contribution is 2.24. The van der Waals surface area contributed by atoms with Gasteiger partial charge in [-0.1, -0.05) is 80.6 Å². The maximum atomic E-state index is 3.66. The smallest absolute Gasteiger partial charge is 0.0301 e. The van der Waals surface area contributed by atoms with Crippen molar-refractivity contribution in [3.8, 4) is 0 Å². The number of hydrogen-bond acceptors (Lipinski definition) is 1. The molecular formula is C22H25N. The first-order valence-electron chi connectivity index (χ1n) is 8.45. The third-order valence-electron chi connectivity index (χ3n) is 4.55. The van der Waals surface area contributed by atoms with Crippen LogP contribution in [0.3, 0.4) is 0 Å². The van der Waals surface area contributed by atoms with Crippen molar-refractivity contribution in [1.82, 2.24) is 5.32 Å². The number of benzene rings is 3. The van der Waals surface area contributed by atoms with Crippen LogP contribution < -0.4 is 5.32 Å². The molecule has 1 heteroatoms. The van der Waals surface area contributed by atoms with Gasteiger partial charge in [-0.25, -0.2) is 0 Å². The summed E-state index contributed by atoms with van der Waals surface area (Å²) in [7, 11) is 0. The summed E-state index contributed by atoms with van der Waals surface area (Å²) in [5, 5.41) is 6.30. The first-order valence-corrected chi connectivity index (χ1v) is 8.45. The van der Waals surface area contributed by atoms with Crippen molar-refractivity contribution in [1.29, 1.82) is 0 Å². The summed E-state index contributed by atoms with van der Waals surface area (Å²) in [6, 6.07) is 24.4. The minimum atomic E-state index is 0.325. The van der Waals surface area contributed by atoms with Gasteiger partial charge in [0.05, 0.1) is 0 Å². The molecule has 0 spiro atoms. The molecule has 0 radical (unpaired) electrons. The summed E-state index contributed by atoms with van der Waals surface area (Å²) < 4.78 is 0. The molecule has 0 aliphatic rings. The number of hydrogen-bond donors (Lipinski definition) is 1. The lowest BCUT2D eigenvalue weighted by Crippen LogP contribution is -2.18. The minimum Gasteiger partial charge on any atom is -0.306 e. The van der Waals surface area contributed by atoms with Crippen LogP contribution in [0.4, 0.5) is 0 Å². The lowest BCUT2D eigenvalue weighted by atomic mass is 9.99. The van der Waals surface area contributed by atoms with Gasteiger partial charge in [-0.2, -0.15) is 0 Å². The number of rotatable bonds is 5. The summed E-state index contributed by atoms with van der Waals surface area (Å²) >= 11 is 0. The normalized spacial score (nSPS) is 12.7. The molecular weight excluding hydrogens is 278 g/mol. The van der Waals surface area contributed by atoms with E-state index in [1.807, 2.05) is 0 Å². The van der Waals surface area contributed by atoms with Crippen molar-refractivity contribution >= 4 is 10.8 Å². The zero-order valence-electron chi connectivity index (χ0n) is 14.2. The Balaban J connectivity index is 1.72. The van der Waals surface area contributed by atoms with Crippen LogP contribution >= 0.6 is 0 Å². The van der Waals surface area contributed by atoms with E-state index in [9.17, 15) is 0 Å². The van der Waals surface area contributed by atoms with Gasteiger partial charge in [0.25, 0.3) is 0 Å². The van der Waals surface area contributed by atoms with E-state index in [-0.39, 0.29) is 0 Å². The van der Waals surface area contributed by atoms with Gasteiger partial charge in [0.2, 0.25) is 0 Å². The van der Waals surface area contributed by atoms with Gasteiger partial charge in [-0.05, 0) is 40.3 Å². The Bertz CT molecular complexity index is 766. The van der Waals surface area contributed by atoms with E-state index in [4.69, 9.17) is 0 Å². The Kier molecular flexibility index (Phi) is 4.78. The van der Waals surface area contributed by atoms with Crippen molar-refractivity contribution in [2.45, 2.75) is 39.3 Å². The zero-order chi connectivity index (χ0) is 16.2. The Morgan fingerprint density at radius 3 is 2.22 bits per heavy atom. The Morgan fingerprint density at radius 1 is 0.783 bits per heavy atom. The van der Waals surface area contributed by atoms with E-state index in [2.05, 4.69) is 92.8 Å². The summed E-state index contributed by atoms with van der Waals surface area (Å²) in [6.45, 7) is 7.60. The van der Waals surface area contributed by atoms with E-state index in [1.54, 1.807) is 0 Å². The van der Waals surface area contributed by atoms with Gasteiger partial charge < -0.3 is 5.32 Å². The number of fused-ring (bicyclic) bond motifs is 1. The fourth-order valence-electron chi connectivity index (χ4n) is 3.03. The predicted octanol–water partition coefficient (Wildman–Crippen LogP) is 5.81. The van der Waals surface area contributed by atoms with Crippen LogP contribution in [-0.4, -0.2) is 0 Å². The topological polar surface area (TPSA) is 12.0 Å². The molecule has 118 valence electrons. The standard InChI is InChI=1S/C22H25N/c1-16(2)19-13-11-18(12-14-19)15-23-17(3)21-10-6-8-20-7-4-5-9-22(20)21/h4-14,16-17,23H,15H2,1-3H3/t17-/m0/s1. The molecule has 0 unspecified atom stereocenters. The van der Waals surface area contributed by atoms with Crippen LogP contribution in [0.25, 0.3) is 10.8 Å². The molecule has 0 heterocycles. The largest absolute Gasteiger partial charge is 0.306 e. The van der Waals surface area contributed by atoms with Crippen LogP contribution in [0, 0.1) is 0 Å². The van der Waals surface area contributed by atoms with E-state index < -0.39 is 0 Å². The predicted molar refractivity (Wildman–Crippen MR) is 99.7 cm³/mol. The molecule has 1 nitrogen and oxygen atoms in total. The Hall–Kier alpha value is -2.12. The molecule has 3 rings (SSSR count). The number of nitrogens with one attached hydrogen (secondary N) is 1. The lowest BCUT2D eigenvalue weighted by Gasteiger charge is -2.17. The highest BCUT2D eigenvalue weighted by Gasteiger charge is 2.08. The molecule has 3 aromatic carbocycles. The molecule has 0 aliphatic heterocycles. The fourth-order valence-corrected chi connectivity index (χ4v) is 3.03. The minimum absolute atomic E-state index is 0.325. The average molecular weight is 303 g/mol. The molecule has 23 heavy (non-hydrogen) atoms. The van der Waals surface area contributed by atoms with E-state index in [0.717, 1.165) is 6.54 Å². The molecule has 0 bridgehead atoms. The van der Waals surface area contributed by atoms with Crippen LogP contribution in [0.2, 0.25) is 0 Å². The third kappa shape index (κ3) is 3.62. The first kappa shape index (κ1) is 15.8. The van der Waals surface area contributed by atoms with Crippen LogP contribution in [0.1, 0.15) is 49.4 Å². The van der Waals surface area contributed by atoms with E-state index >= 15 is 0 Å². The molecule has 0 saturated heterocycles. The zero-order valence-corrected chi connectivity index (χ0v) is 14.2. The Labute approximate surface area is 139 Å². The molecule has 1 atom stereocenters. The van der Waals surface area contributed by atoms with Gasteiger partial charge in [-0.15, -0.1) is 0 Å². The summed E-state index contributed by atoms with van der Waals surface area (Å²) in [5.74, 6) is 0.589. The van der Waals surface area contributed by atoms with Crippen molar-refractivity contribution < 1.29 is 0 Å². The lowest BCUT2D eigenvalue weighted by molar-refractivity contribution is 0.578. The highest BCUT2D eigenvalue weighted by molar-refractivity contribution is 5.86. The maximum Gasteiger partial charge on any atom is 0.0301 e. The van der Waals surface area contributed by atoms with Crippen molar-refractivity contribution in [3.05, 3.63) is 83.4 Å². The van der Waals surface area contributed by atoms with Crippen LogP contribution in [0.15, 0.2) is 66.7 Å². The summed E-state index contributed by atoms with van der Waals surface area (Å²) in [6.07, 6.45) is 0. The second-order valence-electron chi connectivity index (χ2n) is 6.57. The first-order chi connectivity index (χ1) is 11.1. The molecule has 0 aliphatic carbocycles. The van der Waals surface area contributed by atoms with Gasteiger partial charge in [0.15, 0.2) is 0 Å². The average Bonchev–Trinajstić information content (AvgIpc) is 2.59. The Morgan fingerprint density at radius 2 is 1.48 bits per heavy atom. The van der Waals surface area contributed by atoms with Crippen LogP contribution in [-0.2, 0) is 6.54 Å². The van der Waals surface area contributed by atoms with Crippen LogP contribution in [0.5, 0.6) is 0 Å². The third-order valence-corrected chi connectivity index (χ3v) is 4.55. The molecule has 1 N–H and O–H groups in total. The quantitative estimate of drug-likeness (QED) is 0.626. The van der Waals surface area contributed by atoms with Gasteiger partial charge in [-0.3, -0.25) is 0 Å². The molecule has 0 aromatic heterocycles. The second-order valence-corrected chi connectivity index (χ2v) is 6.57. The van der Waals surface area contributed by atoms with Gasteiger partial charge >= 0.3 is 0 Å². The summed E-state index contributed by atoms with van der Waals surface area (Å²) in [5.41, 5.74) is 4.10.